The molecule has 0 radical (unpaired) electrons. The van der Waals surface area contributed by atoms with Crippen LogP contribution in [-0.4, -0.2) is 30.8 Å². The molecule has 22 heavy (non-hydrogen) atoms. The Hall–Kier alpha value is -2.44. The fraction of sp³-hybridized carbons (Fsp3) is 0.467. The van der Waals surface area contributed by atoms with Gasteiger partial charge in [0.25, 0.3) is 0 Å². The standard InChI is InChI=1S/C15H19N3O4/c1-9(2)3-4-10-7-12(20)14(11(19)5-6-13(21)22)15-16-8-17-18(10)15/h7-9,19H,3-6H2,1-2H3,(H,21,22)/b14-11-. The third-order valence-electron chi connectivity index (χ3n) is 3.43. The van der Waals surface area contributed by atoms with Crippen molar-refractivity contribution < 1.29 is 15.0 Å². The molecule has 7 nitrogen and oxygen atoms in total. The molecule has 0 aliphatic heterocycles. The van der Waals surface area contributed by atoms with Gasteiger partial charge in [0.05, 0.1) is 6.42 Å². The van der Waals surface area contributed by atoms with Crippen molar-refractivity contribution in [2.75, 3.05) is 0 Å². The lowest BCUT2D eigenvalue weighted by Crippen LogP contribution is -2.31. The summed E-state index contributed by atoms with van der Waals surface area (Å²) in [6.07, 6.45) is 2.55. The Morgan fingerprint density at radius 3 is 2.68 bits per heavy atom. The Labute approximate surface area is 126 Å². The van der Waals surface area contributed by atoms with Gasteiger partial charge in [0.15, 0.2) is 11.1 Å². The molecule has 0 fully saturated rings. The number of nitrogens with zero attached hydrogens (tertiary/aromatic N) is 3. The van der Waals surface area contributed by atoms with Crippen molar-refractivity contribution in [3.63, 3.8) is 0 Å². The highest BCUT2D eigenvalue weighted by Gasteiger charge is 2.12. The SMILES string of the molecule is CC(C)CCc1cc(=O)/c(=C(/O)CCC(=O)O)c2ncnn12. The number of aliphatic carboxylic acids is 1. The maximum Gasteiger partial charge on any atom is 0.303 e. The second-order valence-corrected chi connectivity index (χ2v) is 5.64. The molecule has 0 bridgehead atoms. The zero-order chi connectivity index (χ0) is 16.3. The summed E-state index contributed by atoms with van der Waals surface area (Å²) in [5.74, 6) is -0.810. The highest BCUT2D eigenvalue weighted by molar-refractivity contribution is 5.68. The van der Waals surface area contributed by atoms with Gasteiger partial charge in [-0.15, -0.1) is 0 Å². The summed E-state index contributed by atoms with van der Waals surface area (Å²) in [4.78, 5) is 26.9. The van der Waals surface area contributed by atoms with Crippen LogP contribution in [0.5, 0.6) is 0 Å². The second-order valence-electron chi connectivity index (χ2n) is 5.64. The van der Waals surface area contributed by atoms with E-state index in [1.54, 1.807) is 0 Å². The van der Waals surface area contributed by atoms with Crippen molar-refractivity contribution >= 4 is 17.4 Å². The number of carboxylic acids is 1. The summed E-state index contributed by atoms with van der Waals surface area (Å²) >= 11 is 0. The van der Waals surface area contributed by atoms with Gasteiger partial charge in [0.2, 0.25) is 0 Å². The van der Waals surface area contributed by atoms with E-state index in [0.29, 0.717) is 12.3 Å². The van der Waals surface area contributed by atoms with E-state index in [-0.39, 0.29) is 34.9 Å². The number of aryl methyl sites for hydroxylation is 1. The third-order valence-corrected chi connectivity index (χ3v) is 3.43. The van der Waals surface area contributed by atoms with Gasteiger partial charge in [-0.3, -0.25) is 9.59 Å². The quantitative estimate of drug-likeness (QED) is 0.822. The van der Waals surface area contributed by atoms with E-state index < -0.39 is 5.97 Å². The molecular formula is C15H19N3O4. The Morgan fingerprint density at radius 2 is 2.05 bits per heavy atom. The number of pyridine rings is 1. The van der Waals surface area contributed by atoms with E-state index in [9.17, 15) is 14.7 Å². The molecule has 2 aromatic rings. The number of aromatic nitrogens is 3. The maximum atomic E-state index is 12.3. The van der Waals surface area contributed by atoms with Crippen LogP contribution >= 0.6 is 0 Å². The molecule has 2 N–H and O–H groups in total. The molecular weight excluding hydrogens is 286 g/mol. The molecule has 2 rings (SSSR count). The van der Waals surface area contributed by atoms with E-state index in [2.05, 4.69) is 23.9 Å². The lowest BCUT2D eigenvalue weighted by molar-refractivity contribution is -0.136. The van der Waals surface area contributed by atoms with Crippen molar-refractivity contribution in [2.24, 2.45) is 5.92 Å². The summed E-state index contributed by atoms with van der Waals surface area (Å²) in [5.41, 5.74) is 0.650. The Bertz CT molecular complexity index is 795. The van der Waals surface area contributed by atoms with Gasteiger partial charge in [-0.05, 0) is 18.8 Å². The number of fused-ring (bicyclic) bond motifs is 1. The minimum Gasteiger partial charge on any atom is -0.511 e. The van der Waals surface area contributed by atoms with E-state index in [1.165, 1.54) is 16.9 Å². The van der Waals surface area contributed by atoms with Gasteiger partial charge in [0.1, 0.15) is 17.3 Å². The van der Waals surface area contributed by atoms with Crippen molar-refractivity contribution in [1.82, 2.24) is 14.6 Å². The number of aliphatic hydroxyl groups is 1. The maximum absolute atomic E-state index is 12.3. The zero-order valence-electron chi connectivity index (χ0n) is 12.6. The fourth-order valence-electron chi connectivity index (χ4n) is 2.25. The Morgan fingerprint density at radius 1 is 1.32 bits per heavy atom. The van der Waals surface area contributed by atoms with Crippen molar-refractivity contribution in [3.8, 4) is 0 Å². The molecule has 0 atom stereocenters. The predicted molar refractivity (Wildman–Crippen MR) is 80.5 cm³/mol. The monoisotopic (exact) mass is 305 g/mol. The molecule has 0 saturated heterocycles. The molecule has 0 amide bonds. The first-order valence-corrected chi connectivity index (χ1v) is 7.19. The molecule has 7 heteroatoms. The van der Waals surface area contributed by atoms with Crippen LogP contribution in [-0.2, 0) is 11.2 Å². The molecule has 0 saturated carbocycles. The van der Waals surface area contributed by atoms with Crippen LogP contribution in [0, 0.1) is 5.92 Å². The van der Waals surface area contributed by atoms with Crippen molar-refractivity contribution in [1.29, 1.82) is 0 Å². The number of rotatable bonds is 6. The number of carbonyl (C=O) groups is 1. The van der Waals surface area contributed by atoms with Crippen molar-refractivity contribution in [2.45, 2.75) is 39.5 Å². The normalized spacial score (nSPS) is 12.9. The third kappa shape index (κ3) is 3.41. The molecule has 2 aromatic heterocycles. The van der Waals surface area contributed by atoms with Crippen molar-refractivity contribution in [3.05, 3.63) is 33.5 Å². The molecule has 118 valence electrons. The zero-order valence-corrected chi connectivity index (χ0v) is 12.6. The summed E-state index contributed by atoms with van der Waals surface area (Å²) < 4.78 is 1.54. The van der Waals surface area contributed by atoms with Crippen LogP contribution in [0.25, 0.3) is 11.4 Å². The van der Waals surface area contributed by atoms with Gasteiger partial charge >= 0.3 is 5.97 Å². The number of hydrogen-bond donors (Lipinski definition) is 2. The van der Waals surface area contributed by atoms with Crippen LogP contribution < -0.4 is 10.6 Å². The topological polar surface area (TPSA) is 105 Å². The van der Waals surface area contributed by atoms with Crippen LogP contribution in [0.1, 0.15) is 38.8 Å². The van der Waals surface area contributed by atoms with Crippen LogP contribution in [0.2, 0.25) is 0 Å². The summed E-state index contributed by atoms with van der Waals surface area (Å²) in [6.45, 7) is 4.19. The number of aliphatic hydroxyl groups excluding tert-OH is 1. The molecule has 0 unspecified atom stereocenters. The lowest BCUT2D eigenvalue weighted by Gasteiger charge is -2.07. The summed E-state index contributed by atoms with van der Waals surface area (Å²) in [7, 11) is 0. The van der Waals surface area contributed by atoms with Gasteiger partial charge in [-0.25, -0.2) is 9.50 Å². The molecule has 0 aliphatic carbocycles. The minimum absolute atomic E-state index is 0.0343. The highest BCUT2D eigenvalue weighted by Crippen LogP contribution is 2.08. The van der Waals surface area contributed by atoms with E-state index >= 15 is 0 Å². The van der Waals surface area contributed by atoms with E-state index in [0.717, 1.165) is 12.1 Å². The first-order chi connectivity index (χ1) is 10.4. The first-order valence-electron chi connectivity index (χ1n) is 7.19. The van der Waals surface area contributed by atoms with Gasteiger partial charge < -0.3 is 10.2 Å². The average Bonchev–Trinajstić information content (AvgIpc) is 2.91. The summed E-state index contributed by atoms with van der Waals surface area (Å²) in [6, 6.07) is 1.44. The van der Waals surface area contributed by atoms with E-state index in [4.69, 9.17) is 5.11 Å². The number of hydrogen-bond acceptors (Lipinski definition) is 5. The molecule has 0 spiro atoms. The second kappa shape index (κ2) is 6.55. The smallest absolute Gasteiger partial charge is 0.303 e. The molecule has 0 aliphatic rings. The van der Waals surface area contributed by atoms with Crippen LogP contribution in [0.15, 0.2) is 17.2 Å². The van der Waals surface area contributed by atoms with Gasteiger partial charge in [-0.1, -0.05) is 13.8 Å². The highest BCUT2D eigenvalue weighted by atomic mass is 16.4. The minimum atomic E-state index is -1.04. The predicted octanol–water partition coefficient (Wildman–Crippen LogP) is 0.928. The Balaban J connectivity index is 2.54. The van der Waals surface area contributed by atoms with Gasteiger partial charge in [-0.2, -0.15) is 5.10 Å². The largest absolute Gasteiger partial charge is 0.511 e. The van der Waals surface area contributed by atoms with Gasteiger partial charge in [0, 0.05) is 18.2 Å². The molecule has 0 aromatic carbocycles. The van der Waals surface area contributed by atoms with E-state index in [1.807, 2.05) is 0 Å². The fourth-order valence-corrected chi connectivity index (χ4v) is 2.25. The molecule has 2 heterocycles. The first kappa shape index (κ1) is 15.9. The number of carboxylic acid groups (broad SMARTS) is 1. The van der Waals surface area contributed by atoms with Crippen LogP contribution in [0.4, 0.5) is 0 Å². The lowest BCUT2D eigenvalue weighted by atomic mass is 10.1. The summed E-state index contributed by atoms with van der Waals surface area (Å²) in [5, 5.41) is 22.9. The van der Waals surface area contributed by atoms with Crippen LogP contribution in [0.3, 0.4) is 0 Å². The average molecular weight is 305 g/mol. The Kier molecular flexibility index (Phi) is 4.75.